The van der Waals surface area contributed by atoms with Crippen LogP contribution >= 0.6 is 0 Å². The Balaban J connectivity index is 1.99. The van der Waals surface area contributed by atoms with Gasteiger partial charge in [-0.1, -0.05) is 39.0 Å². The summed E-state index contributed by atoms with van der Waals surface area (Å²) < 4.78 is 11.7. The Hall–Kier alpha value is -1.21. The van der Waals surface area contributed by atoms with E-state index in [2.05, 4.69) is 33.9 Å². The van der Waals surface area contributed by atoms with Gasteiger partial charge in [0.05, 0.1) is 11.7 Å². The van der Waals surface area contributed by atoms with Crippen LogP contribution in [0.1, 0.15) is 44.0 Å². The van der Waals surface area contributed by atoms with Crippen LogP contribution in [0.15, 0.2) is 30.3 Å². The van der Waals surface area contributed by atoms with Crippen LogP contribution in [0.2, 0.25) is 18.1 Å². The van der Waals surface area contributed by atoms with Gasteiger partial charge in [-0.15, -0.1) is 0 Å². The van der Waals surface area contributed by atoms with E-state index in [0.29, 0.717) is 18.4 Å². The Bertz CT molecular complexity index is 581. The number of hydrogen-bond donors (Lipinski definition) is 2. The molecule has 1 aliphatic carbocycles. The lowest BCUT2D eigenvalue weighted by Gasteiger charge is -2.44. The van der Waals surface area contributed by atoms with E-state index in [1.807, 2.05) is 6.07 Å². The van der Waals surface area contributed by atoms with Crippen molar-refractivity contribution in [2.45, 2.75) is 76.2 Å². The van der Waals surface area contributed by atoms with Crippen molar-refractivity contribution in [2.75, 3.05) is 0 Å². The lowest BCUT2D eigenvalue weighted by atomic mass is 9.89. The summed E-state index contributed by atoms with van der Waals surface area (Å²) in [6.45, 7) is 10.6. The molecule has 1 aromatic rings. The number of aliphatic hydroxyl groups is 2. The molecule has 6 heteroatoms. The molecular formula is C19H30O5Si. The first-order valence-electron chi connectivity index (χ1n) is 8.83. The zero-order valence-corrected chi connectivity index (χ0v) is 16.7. The Morgan fingerprint density at radius 3 is 2.12 bits per heavy atom. The van der Waals surface area contributed by atoms with Crippen molar-refractivity contribution in [1.29, 1.82) is 0 Å². The van der Waals surface area contributed by atoms with Crippen molar-refractivity contribution in [3.63, 3.8) is 0 Å². The molecule has 140 valence electrons. The van der Waals surface area contributed by atoms with Crippen molar-refractivity contribution >= 4 is 14.3 Å². The zero-order chi connectivity index (χ0) is 18.8. The summed E-state index contributed by atoms with van der Waals surface area (Å²) in [6.07, 6.45) is -2.33. The van der Waals surface area contributed by atoms with E-state index in [0.717, 1.165) is 0 Å². The first kappa shape index (κ1) is 20.1. The third-order valence-electron chi connectivity index (χ3n) is 5.37. The summed E-state index contributed by atoms with van der Waals surface area (Å²) in [5.74, 6) is -0.486. The summed E-state index contributed by atoms with van der Waals surface area (Å²) >= 11 is 0. The Kier molecular flexibility index (Phi) is 6.09. The lowest BCUT2D eigenvalue weighted by molar-refractivity contribution is -0.134. The molecule has 1 aromatic carbocycles. The van der Waals surface area contributed by atoms with Crippen LogP contribution in [0.5, 0.6) is 0 Å². The first-order valence-corrected chi connectivity index (χ1v) is 11.7. The average molecular weight is 367 g/mol. The summed E-state index contributed by atoms with van der Waals surface area (Å²) in [5, 5.41) is 20.9. The summed E-state index contributed by atoms with van der Waals surface area (Å²) in [6, 6.07) is 8.66. The monoisotopic (exact) mass is 366 g/mol. The second-order valence-corrected chi connectivity index (χ2v) is 13.0. The molecule has 0 heterocycles. The number of esters is 1. The van der Waals surface area contributed by atoms with Crippen molar-refractivity contribution < 1.29 is 24.2 Å². The number of hydrogen-bond acceptors (Lipinski definition) is 5. The molecule has 0 amide bonds. The fourth-order valence-electron chi connectivity index (χ4n) is 2.70. The molecule has 2 N–H and O–H groups in total. The molecule has 1 fully saturated rings. The zero-order valence-electron chi connectivity index (χ0n) is 15.7. The second kappa shape index (κ2) is 7.58. The van der Waals surface area contributed by atoms with Gasteiger partial charge in [0, 0.05) is 0 Å². The predicted octanol–water partition coefficient (Wildman–Crippen LogP) is 3.12. The first-order chi connectivity index (χ1) is 11.5. The third kappa shape index (κ3) is 4.70. The fourth-order valence-corrected chi connectivity index (χ4v) is 4.07. The van der Waals surface area contributed by atoms with Crippen molar-refractivity contribution in [3.05, 3.63) is 35.9 Å². The van der Waals surface area contributed by atoms with Gasteiger partial charge in [-0.25, -0.2) is 4.79 Å². The standard InChI is InChI=1S/C19H30O5Si/c1-19(2,3)25(4,5)24-15-12-11-14(16(20)17(15)21)23-18(22)13-9-7-6-8-10-13/h6-10,14-17,20-21H,11-12H2,1-5H3/t14-,15-,16+,17-/m1/s1. The van der Waals surface area contributed by atoms with Crippen molar-refractivity contribution in [1.82, 2.24) is 0 Å². The number of carbonyl (C=O) groups is 1. The molecule has 0 radical (unpaired) electrons. The van der Waals surface area contributed by atoms with Crippen LogP contribution in [0.3, 0.4) is 0 Å². The van der Waals surface area contributed by atoms with Gasteiger partial charge >= 0.3 is 5.97 Å². The van der Waals surface area contributed by atoms with Crippen LogP contribution < -0.4 is 0 Å². The third-order valence-corrected chi connectivity index (χ3v) is 9.87. The van der Waals surface area contributed by atoms with Gasteiger partial charge in [-0.3, -0.25) is 0 Å². The van der Waals surface area contributed by atoms with Gasteiger partial charge in [-0.2, -0.15) is 0 Å². The van der Waals surface area contributed by atoms with Crippen LogP contribution in [0, 0.1) is 0 Å². The minimum absolute atomic E-state index is 0.0221. The van der Waals surface area contributed by atoms with Gasteiger partial charge in [-0.05, 0) is 43.1 Å². The molecule has 1 aliphatic rings. The van der Waals surface area contributed by atoms with Gasteiger partial charge in [0.15, 0.2) is 8.32 Å². The Labute approximate surface area is 151 Å². The van der Waals surface area contributed by atoms with Crippen LogP contribution in [-0.2, 0) is 9.16 Å². The maximum Gasteiger partial charge on any atom is 0.338 e. The molecule has 5 nitrogen and oxygen atoms in total. The molecule has 0 saturated heterocycles. The van der Waals surface area contributed by atoms with Gasteiger partial charge < -0.3 is 19.4 Å². The summed E-state index contributed by atoms with van der Waals surface area (Å²) in [7, 11) is -2.05. The Morgan fingerprint density at radius 1 is 1.04 bits per heavy atom. The largest absolute Gasteiger partial charge is 0.456 e. The maximum atomic E-state index is 12.2. The number of benzene rings is 1. The highest BCUT2D eigenvalue weighted by Crippen LogP contribution is 2.39. The van der Waals surface area contributed by atoms with E-state index in [1.165, 1.54) is 0 Å². The molecular weight excluding hydrogens is 336 g/mol. The van der Waals surface area contributed by atoms with Crippen LogP contribution in [0.4, 0.5) is 0 Å². The number of ether oxygens (including phenoxy) is 1. The molecule has 1 saturated carbocycles. The predicted molar refractivity (Wildman–Crippen MR) is 99.0 cm³/mol. The average Bonchev–Trinajstić information content (AvgIpc) is 2.54. The quantitative estimate of drug-likeness (QED) is 0.632. The van der Waals surface area contributed by atoms with Gasteiger partial charge in [0.1, 0.15) is 18.3 Å². The smallest absolute Gasteiger partial charge is 0.338 e. The maximum absolute atomic E-state index is 12.2. The number of rotatable bonds is 4. The van der Waals surface area contributed by atoms with Gasteiger partial charge in [0.25, 0.3) is 0 Å². The normalized spacial score (nSPS) is 27.8. The van der Waals surface area contributed by atoms with E-state index < -0.39 is 38.7 Å². The Morgan fingerprint density at radius 2 is 1.56 bits per heavy atom. The number of aliphatic hydroxyl groups excluding tert-OH is 2. The molecule has 0 unspecified atom stereocenters. The molecule has 25 heavy (non-hydrogen) atoms. The molecule has 0 spiro atoms. The highest BCUT2D eigenvalue weighted by atomic mass is 28.4. The highest BCUT2D eigenvalue weighted by molar-refractivity contribution is 6.74. The number of carbonyl (C=O) groups excluding carboxylic acids is 1. The van der Waals surface area contributed by atoms with E-state index in [-0.39, 0.29) is 5.04 Å². The van der Waals surface area contributed by atoms with Crippen LogP contribution in [0.25, 0.3) is 0 Å². The SMILES string of the molecule is CC(C)(C)[Si](C)(C)O[C@@H]1CC[C@@H](OC(=O)c2ccccc2)[C@H](O)[C@@H]1O. The highest BCUT2D eigenvalue weighted by Gasteiger charge is 2.45. The summed E-state index contributed by atoms with van der Waals surface area (Å²) in [5.41, 5.74) is 0.434. The van der Waals surface area contributed by atoms with E-state index >= 15 is 0 Å². The molecule has 0 aromatic heterocycles. The molecule has 0 bridgehead atoms. The van der Waals surface area contributed by atoms with E-state index in [1.54, 1.807) is 24.3 Å². The summed E-state index contributed by atoms with van der Waals surface area (Å²) in [4.78, 5) is 12.2. The van der Waals surface area contributed by atoms with Crippen LogP contribution in [-0.4, -0.2) is 48.9 Å². The minimum Gasteiger partial charge on any atom is -0.456 e. The molecule has 2 rings (SSSR count). The van der Waals surface area contributed by atoms with E-state index in [9.17, 15) is 15.0 Å². The van der Waals surface area contributed by atoms with Gasteiger partial charge in [0.2, 0.25) is 0 Å². The topological polar surface area (TPSA) is 76.0 Å². The van der Waals surface area contributed by atoms with E-state index in [4.69, 9.17) is 9.16 Å². The molecule has 0 aliphatic heterocycles. The second-order valence-electron chi connectivity index (χ2n) is 8.28. The molecule has 4 atom stereocenters. The van der Waals surface area contributed by atoms with Crippen molar-refractivity contribution in [3.8, 4) is 0 Å². The minimum atomic E-state index is -2.05. The lowest BCUT2D eigenvalue weighted by Crippen LogP contribution is -2.55. The fraction of sp³-hybridized carbons (Fsp3) is 0.632. The van der Waals surface area contributed by atoms with Crippen molar-refractivity contribution in [2.24, 2.45) is 0 Å².